The van der Waals surface area contributed by atoms with E-state index in [1.165, 1.54) is 12.1 Å². The third kappa shape index (κ3) is 4.44. The van der Waals surface area contributed by atoms with Crippen molar-refractivity contribution in [1.29, 1.82) is 0 Å². The summed E-state index contributed by atoms with van der Waals surface area (Å²) in [6.45, 7) is 4.01. The number of likely N-dealkylation sites (tertiary alicyclic amines) is 1. The van der Waals surface area contributed by atoms with Crippen LogP contribution in [0.5, 0.6) is 0 Å². The Bertz CT molecular complexity index is 608. The molecule has 0 bridgehead atoms. The molecule has 21 heavy (non-hydrogen) atoms. The first-order valence-corrected chi connectivity index (χ1v) is 8.55. The molecule has 6 nitrogen and oxygen atoms in total. The molecule has 1 aromatic rings. The predicted molar refractivity (Wildman–Crippen MR) is 80.0 cm³/mol. The Labute approximate surface area is 125 Å². The van der Waals surface area contributed by atoms with Crippen LogP contribution < -0.4 is 10.5 Å². The van der Waals surface area contributed by atoms with Crippen molar-refractivity contribution in [3.05, 3.63) is 29.8 Å². The fourth-order valence-electron chi connectivity index (χ4n) is 2.33. The molecule has 2 rings (SSSR count). The lowest BCUT2D eigenvalue weighted by atomic mass is 10.00. The number of sulfonamides is 1. The SMILES string of the molecule is CC1CCN(C(=O)NCc2cccc(S(N)(=O)=O)c2)CC1. The van der Waals surface area contributed by atoms with E-state index in [2.05, 4.69) is 12.2 Å². The lowest BCUT2D eigenvalue weighted by Gasteiger charge is -2.30. The highest BCUT2D eigenvalue weighted by molar-refractivity contribution is 7.89. The summed E-state index contributed by atoms with van der Waals surface area (Å²) in [5.74, 6) is 0.667. The van der Waals surface area contributed by atoms with Gasteiger partial charge in [-0.2, -0.15) is 0 Å². The highest BCUT2D eigenvalue weighted by Crippen LogP contribution is 2.16. The molecule has 0 aromatic heterocycles. The van der Waals surface area contributed by atoms with E-state index < -0.39 is 10.0 Å². The van der Waals surface area contributed by atoms with Crippen LogP contribution in [-0.4, -0.2) is 32.4 Å². The van der Waals surface area contributed by atoms with Gasteiger partial charge in [-0.1, -0.05) is 19.1 Å². The van der Waals surface area contributed by atoms with Crippen LogP contribution in [-0.2, 0) is 16.6 Å². The average Bonchev–Trinajstić information content (AvgIpc) is 2.45. The molecule has 0 unspecified atom stereocenters. The number of hydrogen-bond donors (Lipinski definition) is 2. The highest BCUT2D eigenvalue weighted by atomic mass is 32.2. The van der Waals surface area contributed by atoms with Crippen LogP contribution in [0.3, 0.4) is 0 Å². The molecule has 0 aliphatic carbocycles. The number of primary sulfonamides is 1. The first-order chi connectivity index (χ1) is 9.86. The van der Waals surface area contributed by atoms with Crippen LogP contribution in [0.25, 0.3) is 0 Å². The van der Waals surface area contributed by atoms with Crippen molar-refractivity contribution in [2.45, 2.75) is 31.2 Å². The number of hydrogen-bond acceptors (Lipinski definition) is 3. The fourth-order valence-corrected chi connectivity index (χ4v) is 2.92. The quantitative estimate of drug-likeness (QED) is 0.880. The summed E-state index contributed by atoms with van der Waals surface area (Å²) in [5.41, 5.74) is 0.709. The van der Waals surface area contributed by atoms with Crippen molar-refractivity contribution < 1.29 is 13.2 Å². The van der Waals surface area contributed by atoms with E-state index in [9.17, 15) is 13.2 Å². The molecule has 2 amide bonds. The van der Waals surface area contributed by atoms with Crippen LogP contribution in [0, 0.1) is 5.92 Å². The molecule has 1 aliphatic rings. The molecule has 1 fully saturated rings. The summed E-state index contributed by atoms with van der Waals surface area (Å²) in [6.07, 6.45) is 2.04. The Morgan fingerprint density at radius 1 is 1.38 bits per heavy atom. The number of carbonyl (C=O) groups excluding carboxylic acids is 1. The average molecular weight is 311 g/mol. The van der Waals surface area contributed by atoms with Gasteiger partial charge in [-0.05, 0) is 36.5 Å². The highest BCUT2D eigenvalue weighted by Gasteiger charge is 2.19. The number of carbonyl (C=O) groups is 1. The largest absolute Gasteiger partial charge is 0.334 e. The maximum atomic E-state index is 12.0. The molecule has 1 heterocycles. The Kier molecular flexibility index (Phi) is 4.84. The third-order valence-corrected chi connectivity index (χ3v) is 4.65. The van der Waals surface area contributed by atoms with Gasteiger partial charge in [0.1, 0.15) is 0 Å². The van der Waals surface area contributed by atoms with E-state index in [0.717, 1.165) is 25.9 Å². The number of nitrogens with one attached hydrogen (secondary N) is 1. The molecule has 0 radical (unpaired) electrons. The van der Waals surface area contributed by atoms with Gasteiger partial charge in [0.05, 0.1) is 4.90 Å². The van der Waals surface area contributed by atoms with Crippen LogP contribution in [0.4, 0.5) is 4.79 Å². The maximum absolute atomic E-state index is 12.0. The standard InChI is InChI=1S/C14H21N3O3S/c1-11-5-7-17(8-6-11)14(18)16-10-12-3-2-4-13(9-12)21(15,19)20/h2-4,9,11H,5-8,10H2,1H3,(H,16,18)(H2,15,19,20). The van der Waals surface area contributed by atoms with E-state index >= 15 is 0 Å². The summed E-state index contributed by atoms with van der Waals surface area (Å²) < 4.78 is 22.6. The van der Waals surface area contributed by atoms with E-state index in [4.69, 9.17) is 5.14 Å². The van der Waals surface area contributed by atoms with Gasteiger partial charge in [0, 0.05) is 19.6 Å². The fraction of sp³-hybridized carbons (Fsp3) is 0.500. The third-order valence-electron chi connectivity index (χ3n) is 3.74. The number of urea groups is 1. The number of benzene rings is 1. The van der Waals surface area contributed by atoms with Crippen LogP contribution >= 0.6 is 0 Å². The molecule has 0 spiro atoms. The number of amides is 2. The number of nitrogens with two attached hydrogens (primary N) is 1. The van der Waals surface area contributed by atoms with Crippen LogP contribution in [0.15, 0.2) is 29.2 Å². The van der Waals surface area contributed by atoms with E-state index in [0.29, 0.717) is 11.5 Å². The molecule has 116 valence electrons. The summed E-state index contributed by atoms with van der Waals surface area (Å²) >= 11 is 0. The zero-order valence-electron chi connectivity index (χ0n) is 12.1. The second-order valence-electron chi connectivity index (χ2n) is 5.52. The minimum Gasteiger partial charge on any atom is -0.334 e. The van der Waals surface area contributed by atoms with E-state index in [-0.39, 0.29) is 17.5 Å². The van der Waals surface area contributed by atoms with Crippen molar-refractivity contribution in [1.82, 2.24) is 10.2 Å². The molecule has 1 aliphatic heterocycles. The molecule has 7 heteroatoms. The minimum absolute atomic E-state index is 0.0565. The predicted octanol–water partition coefficient (Wildman–Crippen LogP) is 1.28. The molecule has 0 atom stereocenters. The monoisotopic (exact) mass is 311 g/mol. The van der Waals surface area contributed by atoms with Crippen molar-refractivity contribution in [3.63, 3.8) is 0 Å². The molecular formula is C14H21N3O3S. The normalized spacial score (nSPS) is 16.8. The maximum Gasteiger partial charge on any atom is 0.317 e. The van der Waals surface area contributed by atoms with Gasteiger partial charge in [-0.25, -0.2) is 18.4 Å². The molecule has 1 aromatic carbocycles. The minimum atomic E-state index is -3.71. The summed E-state index contributed by atoms with van der Waals surface area (Å²) in [7, 11) is -3.71. The van der Waals surface area contributed by atoms with Crippen molar-refractivity contribution in [2.75, 3.05) is 13.1 Å². The van der Waals surface area contributed by atoms with Crippen molar-refractivity contribution in [2.24, 2.45) is 11.1 Å². The van der Waals surface area contributed by atoms with Gasteiger partial charge in [-0.15, -0.1) is 0 Å². The van der Waals surface area contributed by atoms with Gasteiger partial charge < -0.3 is 10.2 Å². The van der Waals surface area contributed by atoms with Crippen LogP contribution in [0.1, 0.15) is 25.3 Å². The van der Waals surface area contributed by atoms with Gasteiger partial charge in [-0.3, -0.25) is 0 Å². The second kappa shape index (κ2) is 6.44. The second-order valence-corrected chi connectivity index (χ2v) is 7.08. The zero-order valence-corrected chi connectivity index (χ0v) is 12.9. The summed E-state index contributed by atoms with van der Waals surface area (Å²) in [6, 6.07) is 6.18. The molecule has 1 saturated heterocycles. The van der Waals surface area contributed by atoms with Gasteiger partial charge in [0.2, 0.25) is 10.0 Å². The molecular weight excluding hydrogens is 290 g/mol. The Balaban J connectivity index is 1.92. The Hall–Kier alpha value is -1.60. The summed E-state index contributed by atoms with van der Waals surface area (Å²) in [5, 5.41) is 7.90. The summed E-state index contributed by atoms with van der Waals surface area (Å²) in [4.78, 5) is 13.9. The molecule has 3 N–H and O–H groups in total. The first-order valence-electron chi connectivity index (χ1n) is 7.01. The topological polar surface area (TPSA) is 92.5 Å². The smallest absolute Gasteiger partial charge is 0.317 e. The van der Waals surface area contributed by atoms with Crippen molar-refractivity contribution in [3.8, 4) is 0 Å². The number of piperidine rings is 1. The first kappa shape index (κ1) is 15.8. The van der Waals surface area contributed by atoms with E-state index in [1.807, 2.05) is 0 Å². The van der Waals surface area contributed by atoms with Crippen molar-refractivity contribution >= 4 is 16.1 Å². The number of nitrogens with zero attached hydrogens (tertiary/aromatic N) is 1. The van der Waals surface area contributed by atoms with Gasteiger partial charge in [0.15, 0.2) is 0 Å². The van der Waals surface area contributed by atoms with Crippen LogP contribution in [0.2, 0.25) is 0 Å². The van der Waals surface area contributed by atoms with Gasteiger partial charge in [0.25, 0.3) is 0 Å². The Morgan fingerprint density at radius 2 is 2.05 bits per heavy atom. The molecule has 0 saturated carbocycles. The van der Waals surface area contributed by atoms with E-state index in [1.54, 1.807) is 17.0 Å². The lowest BCUT2D eigenvalue weighted by molar-refractivity contribution is 0.173. The Morgan fingerprint density at radius 3 is 2.67 bits per heavy atom. The number of rotatable bonds is 3. The lowest BCUT2D eigenvalue weighted by Crippen LogP contribution is -2.43. The zero-order chi connectivity index (χ0) is 15.5. The van der Waals surface area contributed by atoms with Gasteiger partial charge >= 0.3 is 6.03 Å².